The van der Waals surface area contributed by atoms with Crippen LogP contribution in [0.25, 0.3) is 5.65 Å². The Balaban J connectivity index is 1.25. The number of imidazole rings is 1. The summed E-state index contributed by atoms with van der Waals surface area (Å²) >= 11 is 1.67. The van der Waals surface area contributed by atoms with E-state index in [2.05, 4.69) is 22.4 Å². The number of likely N-dealkylation sites (tertiary alicyclic amines) is 1. The Bertz CT molecular complexity index is 1160. The number of amides is 1. The molecule has 0 spiro atoms. The van der Waals surface area contributed by atoms with Gasteiger partial charge in [0, 0.05) is 47.9 Å². The lowest BCUT2D eigenvalue weighted by atomic mass is 10.2. The molecule has 5 nitrogen and oxygen atoms in total. The van der Waals surface area contributed by atoms with Crippen LogP contribution in [-0.4, -0.2) is 39.3 Å². The summed E-state index contributed by atoms with van der Waals surface area (Å²) in [5.41, 5.74) is 3.82. The molecule has 0 bridgehead atoms. The van der Waals surface area contributed by atoms with E-state index in [9.17, 15) is 4.79 Å². The zero-order chi connectivity index (χ0) is 21.0. The highest BCUT2D eigenvalue weighted by atomic mass is 32.2. The molecule has 2 aromatic heterocycles. The van der Waals surface area contributed by atoms with Crippen molar-refractivity contribution in [2.24, 2.45) is 0 Å². The van der Waals surface area contributed by atoms with Crippen LogP contribution in [0.5, 0.6) is 0 Å². The third-order valence-electron chi connectivity index (χ3n) is 5.53. The minimum Gasteiger partial charge on any atom is -0.380 e. The molecule has 0 saturated carbocycles. The number of nitrogens with one attached hydrogen (secondary N) is 1. The molecule has 31 heavy (non-hydrogen) atoms. The summed E-state index contributed by atoms with van der Waals surface area (Å²) in [4.78, 5) is 20.9. The van der Waals surface area contributed by atoms with Crippen LogP contribution >= 0.6 is 11.8 Å². The molecule has 4 aromatic rings. The van der Waals surface area contributed by atoms with Crippen LogP contribution in [-0.2, 0) is 5.75 Å². The average molecular weight is 429 g/mol. The summed E-state index contributed by atoms with van der Waals surface area (Å²) in [6.45, 7) is 1.49. The standard InChI is InChI=1S/C25H24N4OS/c30-25(29-15-13-20(16-29)26-19-8-2-1-3-9-19)22-10-4-5-11-23(22)31-18-21-17-28-14-7-6-12-24(28)27-21/h1-12,14,17,20,26H,13,15-16,18H2. The number of carbonyl (C=O) groups is 1. The minimum absolute atomic E-state index is 0.107. The first kappa shape index (κ1) is 19.7. The van der Waals surface area contributed by atoms with Crippen LogP contribution in [0, 0.1) is 0 Å². The molecular weight excluding hydrogens is 404 g/mol. The van der Waals surface area contributed by atoms with Gasteiger partial charge in [0.15, 0.2) is 0 Å². The van der Waals surface area contributed by atoms with Gasteiger partial charge in [-0.3, -0.25) is 4.79 Å². The predicted octanol–water partition coefficient (Wildman–Crippen LogP) is 4.95. The first-order valence-electron chi connectivity index (χ1n) is 10.5. The van der Waals surface area contributed by atoms with Crippen LogP contribution in [0.4, 0.5) is 5.69 Å². The van der Waals surface area contributed by atoms with E-state index in [1.165, 1.54) is 0 Å². The number of aromatic nitrogens is 2. The van der Waals surface area contributed by atoms with Gasteiger partial charge in [-0.2, -0.15) is 0 Å². The Kier molecular flexibility index (Phi) is 5.63. The maximum Gasteiger partial charge on any atom is 0.255 e. The first-order valence-corrected chi connectivity index (χ1v) is 11.5. The summed E-state index contributed by atoms with van der Waals surface area (Å²) in [6, 6.07) is 24.4. The van der Waals surface area contributed by atoms with Crippen molar-refractivity contribution in [3.8, 4) is 0 Å². The van der Waals surface area contributed by atoms with Crippen molar-refractivity contribution >= 4 is 29.0 Å². The van der Waals surface area contributed by atoms with E-state index in [0.717, 1.165) is 52.8 Å². The molecule has 0 radical (unpaired) electrons. The second-order valence-electron chi connectivity index (χ2n) is 7.73. The van der Waals surface area contributed by atoms with Gasteiger partial charge in [0.2, 0.25) is 0 Å². The largest absolute Gasteiger partial charge is 0.380 e. The molecule has 1 fully saturated rings. The molecular formula is C25H24N4OS. The van der Waals surface area contributed by atoms with Crippen molar-refractivity contribution < 1.29 is 4.79 Å². The molecule has 2 aromatic carbocycles. The fourth-order valence-electron chi connectivity index (χ4n) is 3.98. The molecule has 5 rings (SSSR count). The van der Waals surface area contributed by atoms with Crippen molar-refractivity contribution in [2.75, 3.05) is 18.4 Å². The Hall–Kier alpha value is -3.25. The quantitative estimate of drug-likeness (QED) is 0.441. The van der Waals surface area contributed by atoms with Gasteiger partial charge in [-0.1, -0.05) is 36.4 Å². The molecule has 1 saturated heterocycles. The molecule has 0 aliphatic carbocycles. The highest BCUT2D eigenvalue weighted by Gasteiger charge is 2.28. The molecule has 1 amide bonds. The topological polar surface area (TPSA) is 49.6 Å². The molecule has 1 aliphatic rings. The molecule has 3 heterocycles. The zero-order valence-corrected chi connectivity index (χ0v) is 18.0. The molecule has 1 unspecified atom stereocenters. The fraction of sp³-hybridized carbons (Fsp3) is 0.200. The number of carbonyl (C=O) groups excluding carboxylic acids is 1. The Morgan fingerprint density at radius 3 is 2.71 bits per heavy atom. The van der Waals surface area contributed by atoms with Crippen LogP contribution in [0.15, 0.2) is 90.1 Å². The fourth-order valence-corrected chi connectivity index (χ4v) is 4.91. The lowest BCUT2D eigenvalue weighted by Crippen LogP contribution is -2.31. The molecule has 156 valence electrons. The highest BCUT2D eigenvalue weighted by molar-refractivity contribution is 7.98. The van der Waals surface area contributed by atoms with Gasteiger partial charge < -0.3 is 14.6 Å². The van der Waals surface area contributed by atoms with E-state index in [4.69, 9.17) is 0 Å². The lowest BCUT2D eigenvalue weighted by Gasteiger charge is -2.19. The van der Waals surface area contributed by atoms with E-state index < -0.39 is 0 Å². The summed E-state index contributed by atoms with van der Waals surface area (Å²) in [7, 11) is 0. The van der Waals surface area contributed by atoms with E-state index in [-0.39, 0.29) is 11.9 Å². The number of para-hydroxylation sites is 1. The predicted molar refractivity (Wildman–Crippen MR) is 126 cm³/mol. The van der Waals surface area contributed by atoms with Gasteiger partial charge in [-0.05, 0) is 42.8 Å². The van der Waals surface area contributed by atoms with E-state index in [1.807, 2.05) is 82.4 Å². The highest BCUT2D eigenvalue weighted by Crippen LogP contribution is 2.28. The SMILES string of the molecule is O=C(c1ccccc1SCc1cn2ccccc2n1)N1CCC(Nc2ccccc2)C1. The van der Waals surface area contributed by atoms with E-state index in [1.54, 1.807) is 11.8 Å². The number of benzene rings is 2. The van der Waals surface area contributed by atoms with Gasteiger partial charge in [0.25, 0.3) is 5.91 Å². The Labute approximate surface area is 186 Å². The first-order chi connectivity index (χ1) is 15.3. The molecule has 1 N–H and O–H groups in total. The molecule has 6 heteroatoms. The van der Waals surface area contributed by atoms with Crippen molar-refractivity contribution in [2.45, 2.75) is 23.1 Å². The van der Waals surface area contributed by atoms with Crippen LogP contribution < -0.4 is 5.32 Å². The second-order valence-corrected chi connectivity index (χ2v) is 8.75. The van der Waals surface area contributed by atoms with Crippen LogP contribution in [0.1, 0.15) is 22.5 Å². The Morgan fingerprint density at radius 2 is 1.84 bits per heavy atom. The van der Waals surface area contributed by atoms with Crippen molar-refractivity contribution in [3.05, 3.63) is 96.4 Å². The van der Waals surface area contributed by atoms with Gasteiger partial charge in [-0.15, -0.1) is 11.8 Å². The van der Waals surface area contributed by atoms with E-state index in [0.29, 0.717) is 0 Å². The molecule has 1 atom stereocenters. The van der Waals surface area contributed by atoms with Gasteiger partial charge in [-0.25, -0.2) is 4.98 Å². The van der Waals surface area contributed by atoms with Gasteiger partial charge in [0.05, 0.1) is 11.3 Å². The third kappa shape index (κ3) is 4.44. The summed E-state index contributed by atoms with van der Waals surface area (Å²) in [5, 5.41) is 3.54. The number of anilines is 1. The maximum absolute atomic E-state index is 13.3. The number of thioether (sulfide) groups is 1. The number of fused-ring (bicyclic) bond motifs is 1. The molecule has 1 aliphatic heterocycles. The Morgan fingerprint density at radius 1 is 1.03 bits per heavy atom. The van der Waals surface area contributed by atoms with Crippen LogP contribution in [0.2, 0.25) is 0 Å². The van der Waals surface area contributed by atoms with Crippen molar-refractivity contribution in [3.63, 3.8) is 0 Å². The smallest absolute Gasteiger partial charge is 0.255 e. The van der Waals surface area contributed by atoms with Crippen molar-refractivity contribution in [1.82, 2.24) is 14.3 Å². The van der Waals surface area contributed by atoms with Gasteiger partial charge >= 0.3 is 0 Å². The normalized spacial score (nSPS) is 16.0. The third-order valence-corrected chi connectivity index (χ3v) is 6.63. The number of nitrogens with zero attached hydrogens (tertiary/aromatic N) is 3. The number of rotatable bonds is 6. The monoisotopic (exact) mass is 428 g/mol. The number of pyridine rings is 1. The summed E-state index contributed by atoms with van der Waals surface area (Å²) in [5.74, 6) is 0.833. The maximum atomic E-state index is 13.3. The van der Waals surface area contributed by atoms with Crippen molar-refractivity contribution in [1.29, 1.82) is 0 Å². The summed E-state index contributed by atoms with van der Waals surface area (Å²) < 4.78 is 2.02. The minimum atomic E-state index is 0.107. The zero-order valence-electron chi connectivity index (χ0n) is 17.1. The van der Waals surface area contributed by atoms with Crippen LogP contribution in [0.3, 0.4) is 0 Å². The second kappa shape index (κ2) is 8.86. The number of hydrogen-bond donors (Lipinski definition) is 1. The average Bonchev–Trinajstić information content (AvgIpc) is 3.45. The van der Waals surface area contributed by atoms with Gasteiger partial charge in [0.1, 0.15) is 5.65 Å². The lowest BCUT2D eigenvalue weighted by molar-refractivity contribution is 0.0788. The number of hydrogen-bond acceptors (Lipinski definition) is 4. The summed E-state index contributed by atoms with van der Waals surface area (Å²) in [6.07, 6.45) is 5.01. The van der Waals surface area contributed by atoms with E-state index >= 15 is 0 Å².